The molecule has 0 radical (unpaired) electrons. The number of hydrogen-bond acceptors (Lipinski definition) is 2. The minimum Gasteiger partial charge on any atom is -0.311 e. The summed E-state index contributed by atoms with van der Waals surface area (Å²) in [6, 6.07) is 0. The van der Waals surface area contributed by atoms with E-state index in [0.29, 0.717) is 5.41 Å². The first-order chi connectivity index (χ1) is 8.26. The first-order valence-electron chi connectivity index (χ1n) is 6.95. The van der Waals surface area contributed by atoms with Crippen molar-refractivity contribution in [1.29, 1.82) is 0 Å². The van der Waals surface area contributed by atoms with E-state index < -0.39 is 0 Å². The second-order valence-electron chi connectivity index (χ2n) is 6.54. The van der Waals surface area contributed by atoms with Crippen LogP contribution in [0, 0.1) is 5.41 Å². The SMILES string of the molecule is C=CCN(CC=C)CC(C)(CC)CNC(C)(C)C. The van der Waals surface area contributed by atoms with Crippen molar-refractivity contribution in [3.05, 3.63) is 25.3 Å². The fourth-order valence-electron chi connectivity index (χ4n) is 1.88. The van der Waals surface area contributed by atoms with Gasteiger partial charge >= 0.3 is 0 Å². The fourth-order valence-corrected chi connectivity index (χ4v) is 1.88. The average molecular weight is 252 g/mol. The summed E-state index contributed by atoms with van der Waals surface area (Å²) in [5.41, 5.74) is 0.470. The van der Waals surface area contributed by atoms with E-state index in [4.69, 9.17) is 0 Å². The van der Waals surface area contributed by atoms with Crippen LogP contribution in [0.15, 0.2) is 25.3 Å². The average Bonchev–Trinajstić information content (AvgIpc) is 2.26. The molecular formula is C16H32N2. The van der Waals surface area contributed by atoms with E-state index >= 15 is 0 Å². The van der Waals surface area contributed by atoms with E-state index in [9.17, 15) is 0 Å². The van der Waals surface area contributed by atoms with Gasteiger partial charge in [-0.2, -0.15) is 0 Å². The largest absolute Gasteiger partial charge is 0.311 e. The second-order valence-corrected chi connectivity index (χ2v) is 6.54. The van der Waals surface area contributed by atoms with Crippen LogP contribution in [0.2, 0.25) is 0 Å². The molecule has 0 saturated carbocycles. The summed E-state index contributed by atoms with van der Waals surface area (Å²) in [7, 11) is 0. The first-order valence-corrected chi connectivity index (χ1v) is 6.95. The minimum absolute atomic E-state index is 0.179. The molecule has 0 saturated heterocycles. The van der Waals surface area contributed by atoms with Gasteiger partial charge in [-0.1, -0.05) is 26.0 Å². The fraction of sp³-hybridized carbons (Fsp3) is 0.750. The minimum atomic E-state index is 0.179. The Bertz CT molecular complexity index is 242. The molecule has 0 heterocycles. The highest BCUT2D eigenvalue weighted by atomic mass is 15.1. The van der Waals surface area contributed by atoms with Crippen molar-refractivity contribution in [2.75, 3.05) is 26.2 Å². The van der Waals surface area contributed by atoms with Gasteiger partial charge in [0.15, 0.2) is 0 Å². The van der Waals surface area contributed by atoms with Gasteiger partial charge in [0, 0.05) is 31.7 Å². The quantitative estimate of drug-likeness (QED) is 0.632. The molecule has 106 valence electrons. The Balaban J connectivity index is 4.50. The molecule has 1 atom stereocenters. The lowest BCUT2D eigenvalue weighted by Gasteiger charge is -2.36. The summed E-state index contributed by atoms with van der Waals surface area (Å²) in [5.74, 6) is 0. The summed E-state index contributed by atoms with van der Waals surface area (Å²) in [5, 5.41) is 3.62. The van der Waals surface area contributed by atoms with Crippen molar-refractivity contribution in [2.24, 2.45) is 5.41 Å². The Morgan fingerprint density at radius 3 is 1.89 bits per heavy atom. The molecule has 18 heavy (non-hydrogen) atoms. The zero-order valence-corrected chi connectivity index (χ0v) is 13.1. The van der Waals surface area contributed by atoms with Crippen molar-refractivity contribution >= 4 is 0 Å². The van der Waals surface area contributed by atoms with E-state index in [0.717, 1.165) is 26.2 Å². The van der Waals surface area contributed by atoms with Gasteiger partial charge in [0.25, 0.3) is 0 Å². The highest BCUT2D eigenvalue weighted by Gasteiger charge is 2.26. The zero-order chi connectivity index (χ0) is 14.2. The molecule has 0 fully saturated rings. The van der Waals surface area contributed by atoms with Crippen LogP contribution in [0.3, 0.4) is 0 Å². The zero-order valence-electron chi connectivity index (χ0n) is 13.1. The maximum atomic E-state index is 3.83. The highest BCUT2D eigenvalue weighted by molar-refractivity contribution is 4.87. The van der Waals surface area contributed by atoms with Gasteiger partial charge in [0.2, 0.25) is 0 Å². The van der Waals surface area contributed by atoms with E-state index in [1.165, 1.54) is 6.42 Å². The van der Waals surface area contributed by atoms with Crippen LogP contribution >= 0.6 is 0 Å². The van der Waals surface area contributed by atoms with Gasteiger partial charge in [-0.05, 0) is 32.6 Å². The molecule has 0 aliphatic rings. The summed E-state index contributed by atoms with van der Waals surface area (Å²) in [6.07, 6.45) is 5.11. The standard InChI is InChI=1S/C16H32N2/c1-8-11-18(12-9-2)14-16(7,10-3)13-17-15(4,5)6/h8-9,17H,1-2,10-14H2,3-7H3. The number of hydrogen-bond donors (Lipinski definition) is 1. The molecule has 1 N–H and O–H groups in total. The third-order valence-corrected chi connectivity index (χ3v) is 3.28. The maximum absolute atomic E-state index is 3.83. The highest BCUT2D eigenvalue weighted by Crippen LogP contribution is 2.22. The van der Waals surface area contributed by atoms with Crippen LogP contribution in [-0.2, 0) is 0 Å². The Morgan fingerprint density at radius 1 is 1.06 bits per heavy atom. The van der Waals surface area contributed by atoms with Crippen molar-refractivity contribution < 1.29 is 0 Å². The summed E-state index contributed by atoms with van der Waals surface area (Å²) < 4.78 is 0. The molecule has 0 aromatic heterocycles. The van der Waals surface area contributed by atoms with Crippen LogP contribution in [-0.4, -0.2) is 36.6 Å². The van der Waals surface area contributed by atoms with Gasteiger partial charge in [0.1, 0.15) is 0 Å². The Morgan fingerprint density at radius 2 is 1.56 bits per heavy atom. The summed E-state index contributed by atoms with van der Waals surface area (Å²) in [6.45, 7) is 22.9. The molecule has 0 aromatic carbocycles. The lowest BCUT2D eigenvalue weighted by molar-refractivity contribution is 0.167. The van der Waals surface area contributed by atoms with Crippen LogP contribution in [0.1, 0.15) is 41.0 Å². The molecular weight excluding hydrogens is 220 g/mol. The predicted octanol–water partition coefficient (Wildman–Crippen LogP) is 3.46. The lowest BCUT2D eigenvalue weighted by atomic mass is 9.85. The van der Waals surface area contributed by atoms with Crippen molar-refractivity contribution in [3.8, 4) is 0 Å². The van der Waals surface area contributed by atoms with E-state index in [1.54, 1.807) is 0 Å². The van der Waals surface area contributed by atoms with E-state index in [1.807, 2.05) is 12.2 Å². The predicted molar refractivity (Wildman–Crippen MR) is 83.0 cm³/mol. The van der Waals surface area contributed by atoms with Gasteiger partial charge in [0.05, 0.1) is 0 Å². The molecule has 2 nitrogen and oxygen atoms in total. The molecule has 0 bridgehead atoms. The van der Waals surface area contributed by atoms with Crippen molar-refractivity contribution in [2.45, 2.75) is 46.6 Å². The molecule has 0 amide bonds. The van der Waals surface area contributed by atoms with Crippen molar-refractivity contribution in [1.82, 2.24) is 10.2 Å². The van der Waals surface area contributed by atoms with Gasteiger partial charge < -0.3 is 5.32 Å². The smallest absolute Gasteiger partial charge is 0.0164 e. The molecule has 1 unspecified atom stereocenters. The van der Waals surface area contributed by atoms with Crippen LogP contribution < -0.4 is 5.32 Å². The Hall–Kier alpha value is -0.600. The van der Waals surface area contributed by atoms with Gasteiger partial charge in [-0.25, -0.2) is 0 Å². The lowest BCUT2D eigenvalue weighted by Crippen LogP contribution is -2.47. The Kier molecular flexibility index (Phi) is 7.49. The van der Waals surface area contributed by atoms with Crippen LogP contribution in [0.25, 0.3) is 0 Å². The number of nitrogens with zero attached hydrogens (tertiary/aromatic N) is 1. The molecule has 0 aromatic rings. The van der Waals surface area contributed by atoms with Gasteiger partial charge in [-0.3, -0.25) is 4.90 Å². The second kappa shape index (κ2) is 7.75. The molecule has 2 heteroatoms. The van der Waals surface area contributed by atoms with Crippen LogP contribution in [0.4, 0.5) is 0 Å². The number of rotatable bonds is 9. The molecule has 0 rings (SSSR count). The topological polar surface area (TPSA) is 15.3 Å². The molecule has 0 aliphatic carbocycles. The van der Waals surface area contributed by atoms with E-state index in [2.05, 4.69) is 58.0 Å². The van der Waals surface area contributed by atoms with E-state index in [-0.39, 0.29) is 5.54 Å². The summed E-state index contributed by atoms with van der Waals surface area (Å²) in [4.78, 5) is 2.40. The van der Waals surface area contributed by atoms with Gasteiger partial charge in [-0.15, -0.1) is 13.2 Å². The normalized spacial score (nSPS) is 15.4. The third-order valence-electron chi connectivity index (χ3n) is 3.28. The Labute approximate surface area is 114 Å². The van der Waals surface area contributed by atoms with Crippen LogP contribution in [0.5, 0.6) is 0 Å². The molecule has 0 spiro atoms. The molecule has 0 aliphatic heterocycles. The summed E-state index contributed by atoms with van der Waals surface area (Å²) >= 11 is 0. The first kappa shape index (κ1) is 17.4. The monoisotopic (exact) mass is 252 g/mol. The number of nitrogens with one attached hydrogen (secondary N) is 1. The maximum Gasteiger partial charge on any atom is 0.0164 e. The van der Waals surface area contributed by atoms with Crippen molar-refractivity contribution in [3.63, 3.8) is 0 Å². The third kappa shape index (κ3) is 7.67.